The molecule has 1 unspecified atom stereocenters. The van der Waals surface area contributed by atoms with Gasteiger partial charge in [-0.15, -0.1) is 0 Å². The Bertz CT molecular complexity index is 522. The molecule has 1 aromatic carbocycles. The number of hydrogen-bond donors (Lipinski definition) is 2. The number of hydrogen-bond acceptors (Lipinski definition) is 3. The highest BCUT2D eigenvalue weighted by Crippen LogP contribution is 2.28. The van der Waals surface area contributed by atoms with E-state index >= 15 is 0 Å². The van der Waals surface area contributed by atoms with E-state index in [0.717, 1.165) is 4.47 Å². The van der Waals surface area contributed by atoms with E-state index in [4.69, 9.17) is 9.84 Å². The summed E-state index contributed by atoms with van der Waals surface area (Å²) in [7, 11) is 1.55. The zero-order valence-corrected chi connectivity index (χ0v) is 13.8. The Morgan fingerprint density at radius 2 is 2.14 bits per heavy atom. The zero-order chi connectivity index (χ0) is 16.0. The van der Waals surface area contributed by atoms with Crippen LogP contribution in [0.3, 0.4) is 0 Å². The summed E-state index contributed by atoms with van der Waals surface area (Å²) < 4.78 is 6.13. The molecule has 0 spiro atoms. The van der Waals surface area contributed by atoms with E-state index in [2.05, 4.69) is 21.2 Å². The van der Waals surface area contributed by atoms with Gasteiger partial charge in [0.25, 0.3) is 0 Å². The number of urea groups is 1. The van der Waals surface area contributed by atoms with Crippen LogP contribution in [0.25, 0.3) is 0 Å². The molecule has 0 aromatic heterocycles. The topological polar surface area (TPSA) is 78.9 Å². The highest BCUT2D eigenvalue weighted by molar-refractivity contribution is 9.10. The van der Waals surface area contributed by atoms with Crippen molar-refractivity contribution in [3.63, 3.8) is 0 Å². The number of benzene rings is 1. The van der Waals surface area contributed by atoms with Gasteiger partial charge in [0, 0.05) is 19.3 Å². The molecule has 116 valence electrons. The van der Waals surface area contributed by atoms with Crippen LogP contribution in [0.5, 0.6) is 5.75 Å². The summed E-state index contributed by atoms with van der Waals surface area (Å²) in [4.78, 5) is 24.1. The monoisotopic (exact) mass is 358 g/mol. The average molecular weight is 359 g/mol. The van der Waals surface area contributed by atoms with Gasteiger partial charge in [0.2, 0.25) is 0 Å². The third kappa shape index (κ3) is 5.26. The summed E-state index contributed by atoms with van der Waals surface area (Å²) in [5, 5.41) is 11.5. The molecule has 0 aliphatic carbocycles. The van der Waals surface area contributed by atoms with E-state index in [0.29, 0.717) is 18.0 Å². The first-order valence-electron chi connectivity index (χ1n) is 6.52. The molecule has 0 fully saturated rings. The van der Waals surface area contributed by atoms with Crippen molar-refractivity contribution in [2.24, 2.45) is 5.92 Å². The standard InChI is InChI=1S/C14H19BrN2O4/c1-4-21-12-6-5-10(7-11(12)15)16-14(20)17(3)8-9(2)13(18)19/h5-7,9H,4,8H2,1-3H3,(H,16,20)(H,18,19). The first-order chi connectivity index (χ1) is 9.85. The van der Waals surface area contributed by atoms with Gasteiger partial charge in [0.15, 0.2) is 0 Å². The number of nitrogens with zero attached hydrogens (tertiary/aromatic N) is 1. The SMILES string of the molecule is CCOc1ccc(NC(=O)N(C)CC(C)C(=O)O)cc1Br. The molecule has 0 saturated heterocycles. The van der Waals surface area contributed by atoms with Crippen molar-refractivity contribution >= 4 is 33.6 Å². The number of nitrogens with one attached hydrogen (secondary N) is 1. The normalized spacial score (nSPS) is 11.6. The molecule has 0 aliphatic rings. The number of aliphatic carboxylic acids is 1. The molecular weight excluding hydrogens is 340 g/mol. The number of amides is 2. The molecule has 1 rings (SSSR count). The van der Waals surface area contributed by atoms with Crippen LogP contribution in [-0.4, -0.2) is 42.2 Å². The van der Waals surface area contributed by atoms with E-state index in [1.54, 1.807) is 32.2 Å². The van der Waals surface area contributed by atoms with Crippen molar-refractivity contribution in [3.05, 3.63) is 22.7 Å². The number of carbonyl (C=O) groups excluding carboxylic acids is 1. The maximum atomic E-state index is 12.0. The second kappa shape index (κ2) is 7.87. The van der Waals surface area contributed by atoms with E-state index < -0.39 is 11.9 Å². The summed E-state index contributed by atoms with van der Waals surface area (Å²) in [5.74, 6) is -0.852. The zero-order valence-electron chi connectivity index (χ0n) is 12.2. The van der Waals surface area contributed by atoms with Gasteiger partial charge in [-0.05, 0) is 41.1 Å². The van der Waals surface area contributed by atoms with Gasteiger partial charge >= 0.3 is 12.0 Å². The Kier molecular flexibility index (Phi) is 6.48. The van der Waals surface area contributed by atoms with Gasteiger partial charge in [-0.2, -0.15) is 0 Å². The van der Waals surface area contributed by atoms with Crippen molar-refractivity contribution in [3.8, 4) is 5.75 Å². The summed E-state index contributed by atoms with van der Waals surface area (Å²) in [5.41, 5.74) is 0.602. The molecule has 0 bridgehead atoms. The Hall–Kier alpha value is -1.76. The minimum atomic E-state index is -0.932. The van der Waals surface area contributed by atoms with Crippen molar-refractivity contribution in [1.82, 2.24) is 4.90 Å². The van der Waals surface area contributed by atoms with Crippen LogP contribution in [-0.2, 0) is 4.79 Å². The minimum Gasteiger partial charge on any atom is -0.493 e. The Morgan fingerprint density at radius 1 is 1.48 bits per heavy atom. The molecular formula is C14H19BrN2O4. The second-order valence-corrected chi connectivity index (χ2v) is 5.48. The van der Waals surface area contributed by atoms with Crippen LogP contribution >= 0.6 is 15.9 Å². The maximum Gasteiger partial charge on any atom is 0.321 e. The van der Waals surface area contributed by atoms with Crippen LogP contribution in [0.4, 0.5) is 10.5 Å². The molecule has 1 atom stereocenters. The quantitative estimate of drug-likeness (QED) is 0.818. The molecule has 7 heteroatoms. The Balaban J connectivity index is 2.66. The second-order valence-electron chi connectivity index (χ2n) is 4.63. The van der Waals surface area contributed by atoms with Crippen LogP contribution < -0.4 is 10.1 Å². The van der Waals surface area contributed by atoms with Crippen LogP contribution in [0, 0.1) is 5.92 Å². The number of carboxylic acids is 1. The van der Waals surface area contributed by atoms with E-state index in [9.17, 15) is 9.59 Å². The molecule has 0 radical (unpaired) electrons. The lowest BCUT2D eigenvalue weighted by atomic mass is 10.2. The molecule has 6 nitrogen and oxygen atoms in total. The highest BCUT2D eigenvalue weighted by atomic mass is 79.9. The Labute approximate surface area is 132 Å². The van der Waals surface area contributed by atoms with Crippen molar-refractivity contribution in [2.75, 3.05) is 25.5 Å². The average Bonchev–Trinajstić information content (AvgIpc) is 2.41. The van der Waals surface area contributed by atoms with Crippen LogP contribution in [0.1, 0.15) is 13.8 Å². The van der Waals surface area contributed by atoms with E-state index in [-0.39, 0.29) is 12.6 Å². The third-order valence-corrected chi connectivity index (χ3v) is 3.42. The number of ether oxygens (including phenoxy) is 1. The van der Waals surface area contributed by atoms with Crippen molar-refractivity contribution in [2.45, 2.75) is 13.8 Å². The predicted molar refractivity (Wildman–Crippen MR) is 83.8 cm³/mol. The molecule has 0 heterocycles. The lowest BCUT2D eigenvalue weighted by molar-refractivity contribution is -0.141. The van der Waals surface area contributed by atoms with Crippen LogP contribution in [0.15, 0.2) is 22.7 Å². The first kappa shape index (κ1) is 17.3. The number of carboxylic acid groups (broad SMARTS) is 1. The van der Waals surface area contributed by atoms with Crippen molar-refractivity contribution < 1.29 is 19.4 Å². The number of rotatable bonds is 6. The first-order valence-corrected chi connectivity index (χ1v) is 7.31. The fraction of sp³-hybridized carbons (Fsp3) is 0.429. The molecule has 1 aromatic rings. The van der Waals surface area contributed by atoms with Crippen molar-refractivity contribution in [1.29, 1.82) is 0 Å². The van der Waals surface area contributed by atoms with Gasteiger partial charge in [-0.1, -0.05) is 6.92 Å². The summed E-state index contributed by atoms with van der Waals surface area (Å²) >= 11 is 3.37. The largest absolute Gasteiger partial charge is 0.493 e. The Morgan fingerprint density at radius 3 is 2.67 bits per heavy atom. The van der Waals surface area contributed by atoms with Gasteiger partial charge in [-0.25, -0.2) is 4.79 Å². The lowest BCUT2D eigenvalue weighted by Gasteiger charge is -2.20. The number of anilines is 1. The summed E-state index contributed by atoms with van der Waals surface area (Å²) in [6.07, 6.45) is 0. The summed E-state index contributed by atoms with van der Waals surface area (Å²) in [6, 6.07) is 4.85. The van der Waals surface area contributed by atoms with Gasteiger partial charge < -0.3 is 20.1 Å². The highest BCUT2D eigenvalue weighted by Gasteiger charge is 2.17. The fourth-order valence-electron chi connectivity index (χ4n) is 1.64. The van der Waals surface area contributed by atoms with Gasteiger partial charge in [0.1, 0.15) is 5.75 Å². The van der Waals surface area contributed by atoms with E-state index in [1.807, 2.05) is 6.92 Å². The lowest BCUT2D eigenvalue weighted by Crippen LogP contribution is -2.36. The predicted octanol–water partition coefficient (Wildman–Crippen LogP) is 3.03. The maximum absolute atomic E-state index is 12.0. The number of carbonyl (C=O) groups is 2. The minimum absolute atomic E-state index is 0.138. The molecule has 21 heavy (non-hydrogen) atoms. The molecule has 2 amide bonds. The van der Waals surface area contributed by atoms with E-state index in [1.165, 1.54) is 4.90 Å². The fourth-order valence-corrected chi connectivity index (χ4v) is 2.14. The smallest absolute Gasteiger partial charge is 0.321 e. The van der Waals surface area contributed by atoms with Crippen LogP contribution in [0.2, 0.25) is 0 Å². The molecule has 2 N–H and O–H groups in total. The molecule has 0 saturated carbocycles. The third-order valence-electron chi connectivity index (χ3n) is 2.80. The van der Waals surface area contributed by atoms with Gasteiger partial charge in [-0.3, -0.25) is 4.79 Å². The molecule has 0 aliphatic heterocycles. The van der Waals surface area contributed by atoms with Gasteiger partial charge in [0.05, 0.1) is 17.0 Å². The summed E-state index contributed by atoms with van der Waals surface area (Å²) in [6.45, 7) is 4.14. The number of halogens is 1.